The number of anilines is 1. The lowest BCUT2D eigenvalue weighted by Gasteiger charge is -2.28. The molecule has 1 atom stereocenters. The van der Waals surface area contributed by atoms with Crippen molar-refractivity contribution < 1.29 is 9.15 Å². The van der Waals surface area contributed by atoms with E-state index in [2.05, 4.69) is 37.8 Å². The highest BCUT2D eigenvalue weighted by atomic mass is 16.5. The zero-order chi connectivity index (χ0) is 20.1. The SMILES string of the molecule is CCC(C)C/C(C)=c1\o/c(=C/c2ccc(N3CCOCC3)cc2)c(=O)n1CC. The number of ether oxygens (including phenoxy) is 1. The maximum atomic E-state index is 12.8. The lowest BCUT2D eigenvalue weighted by molar-refractivity contribution is 0.122. The maximum Gasteiger partial charge on any atom is 0.296 e. The number of benzene rings is 1. The largest absolute Gasteiger partial charge is 0.435 e. The van der Waals surface area contributed by atoms with Gasteiger partial charge in [0.2, 0.25) is 5.55 Å². The molecule has 1 aromatic carbocycles. The molecule has 0 bridgehead atoms. The highest BCUT2D eigenvalue weighted by molar-refractivity contribution is 5.55. The number of hydrogen-bond donors (Lipinski definition) is 0. The van der Waals surface area contributed by atoms with Crippen molar-refractivity contribution in [1.29, 1.82) is 0 Å². The first kappa shape index (κ1) is 20.5. The second-order valence-electron chi connectivity index (χ2n) is 7.65. The molecule has 0 radical (unpaired) electrons. The third-order valence-corrected chi connectivity index (χ3v) is 5.51. The van der Waals surface area contributed by atoms with Crippen LogP contribution in [-0.2, 0) is 11.3 Å². The first-order valence-electron chi connectivity index (χ1n) is 10.4. The summed E-state index contributed by atoms with van der Waals surface area (Å²) >= 11 is 0. The van der Waals surface area contributed by atoms with Gasteiger partial charge in [-0.15, -0.1) is 0 Å². The number of oxazole rings is 1. The van der Waals surface area contributed by atoms with Crippen LogP contribution in [0.5, 0.6) is 0 Å². The van der Waals surface area contributed by atoms with Gasteiger partial charge in [-0.3, -0.25) is 9.36 Å². The molecule has 0 N–H and O–H groups in total. The summed E-state index contributed by atoms with van der Waals surface area (Å²) in [5.74, 6) is 0.575. The van der Waals surface area contributed by atoms with Crippen LogP contribution < -0.4 is 21.4 Å². The van der Waals surface area contributed by atoms with Gasteiger partial charge in [-0.05, 0) is 55.5 Å². The van der Waals surface area contributed by atoms with Crippen LogP contribution in [0.4, 0.5) is 5.69 Å². The first-order valence-corrected chi connectivity index (χ1v) is 10.4. The average molecular weight is 385 g/mol. The van der Waals surface area contributed by atoms with E-state index in [0.717, 1.165) is 50.3 Å². The molecule has 0 aliphatic carbocycles. The zero-order valence-electron chi connectivity index (χ0n) is 17.5. The van der Waals surface area contributed by atoms with Gasteiger partial charge >= 0.3 is 0 Å². The van der Waals surface area contributed by atoms with Crippen molar-refractivity contribution in [2.45, 2.75) is 47.1 Å². The Morgan fingerprint density at radius 2 is 1.86 bits per heavy atom. The van der Waals surface area contributed by atoms with E-state index in [-0.39, 0.29) is 5.56 Å². The van der Waals surface area contributed by atoms with Gasteiger partial charge in [0.25, 0.3) is 5.56 Å². The smallest absolute Gasteiger partial charge is 0.296 e. The standard InChI is InChI=1S/C23H32N2O3/c1-5-17(3)15-18(4)23-25(6-2)22(26)21(28-23)16-19-7-9-20(10-8-19)24-11-13-27-14-12-24/h7-10,16-17H,5-6,11-15H2,1-4H3/b21-16+,23-18-. The maximum absolute atomic E-state index is 12.8. The van der Waals surface area contributed by atoms with Crippen molar-refractivity contribution in [3.05, 3.63) is 51.1 Å². The average Bonchev–Trinajstić information content (AvgIpc) is 3.04. The van der Waals surface area contributed by atoms with E-state index in [0.29, 0.717) is 23.4 Å². The molecule has 2 heterocycles. The van der Waals surface area contributed by atoms with E-state index in [1.807, 2.05) is 25.1 Å². The minimum Gasteiger partial charge on any atom is -0.435 e. The van der Waals surface area contributed by atoms with Gasteiger partial charge in [0.15, 0.2) is 5.42 Å². The fourth-order valence-corrected chi connectivity index (χ4v) is 3.63. The molecule has 0 saturated carbocycles. The molecule has 3 rings (SSSR count). The normalized spacial score (nSPS) is 17.7. The summed E-state index contributed by atoms with van der Waals surface area (Å²) < 4.78 is 13.2. The summed E-state index contributed by atoms with van der Waals surface area (Å²) in [4.78, 5) is 15.1. The molecule has 2 aromatic rings. The fraction of sp³-hybridized carbons (Fsp3) is 0.522. The van der Waals surface area contributed by atoms with Gasteiger partial charge in [0, 0.05) is 25.3 Å². The van der Waals surface area contributed by atoms with Gasteiger partial charge in [-0.2, -0.15) is 0 Å². The Kier molecular flexibility index (Phi) is 6.79. The van der Waals surface area contributed by atoms with E-state index >= 15 is 0 Å². The van der Waals surface area contributed by atoms with Crippen molar-refractivity contribution in [3.63, 3.8) is 0 Å². The highest BCUT2D eigenvalue weighted by Crippen LogP contribution is 2.17. The van der Waals surface area contributed by atoms with Crippen LogP contribution in [0.15, 0.2) is 33.5 Å². The van der Waals surface area contributed by atoms with Crippen LogP contribution in [0.25, 0.3) is 11.6 Å². The molecule has 152 valence electrons. The van der Waals surface area contributed by atoms with Crippen molar-refractivity contribution >= 4 is 17.3 Å². The highest BCUT2D eigenvalue weighted by Gasteiger charge is 2.12. The molecule has 1 fully saturated rings. The second kappa shape index (κ2) is 9.28. The molecule has 1 aromatic heterocycles. The van der Waals surface area contributed by atoms with E-state index in [1.165, 1.54) is 5.69 Å². The fourth-order valence-electron chi connectivity index (χ4n) is 3.63. The minimum absolute atomic E-state index is 0.0572. The molecule has 5 heteroatoms. The summed E-state index contributed by atoms with van der Waals surface area (Å²) in [6.45, 7) is 12.4. The quantitative estimate of drug-likeness (QED) is 0.768. The Bertz CT molecular complexity index is 947. The Hall–Kier alpha value is -2.27. The number of aromatic nitrogens is 1. The third-order valence-electron chi connectivity index (χ3n) is 5.51. The molecule has 28 heavy (non-hydrogen) atoms. The van der Waals surface area contributed by atoms with Gasteiger partial charge in [-0.1, -0.05) is 32.4 Å². The Morgan fingerprint density at radius 3 is 2.46 bits per heavy atom. The Morgan fingerprint density at radius 1 is 1.18 bits per heavy atom. The summed E-state index contributed by atoms with van der Waals surface area (Å²) in [6.07, 6.45) is 3.90. The molecule has 1 aliphatic rings. The topological polar surface area (TPSA) is 47.6 Å². The van der Waals surface area contributed by atoms with E-state index in [1.54, 1.807) is 4.57 Å². The Balaban J connectivity index is 1.94. The summed E-state index contributed by atoms with van der Waals surface area (Å²) in [6, 6.07) is 8.27. The molecule has 5 nitrogen and oxygen atoms in total. The monoisotopic (exact) mass is 384 g/mol. The first-order chi connectivity index (χ1) is 13.5. The van der Waals surface area contributed by atoms with Crippen LogP contribution in [0.1, 0.15) is 46.1 Å². The van der Waals surface area contributed by atoms with Crippen molar-refractivity contribution in [2.75, 3.05) is 31.2 Å². The number of hydrogen-bond acceptors (Lipinski definition) is 4. The molecule has 0 spiro atoms. The summed E-state index contributed by atoms with van der Waals surface area (Å²) in [5, 5.41) is 0. The van der Waals surface area contributed by atoms with Gasteiger partial charge < -0.3 is 14.1 Å². The molecule has 1 aliphatic heterocycles. The van der Waals surface area contributed by atoms with E-state index in [9.17, 15) is 4.79 Å². The van der Waals surface area contributed by atoms with Gasteiger partial charge in [-0.25, -0.2) is 0 Å². The van der Waals surface area contributed by atoms with Gasteiger partial charge in [0.05, 0.1) is 13.2 Å². The van der Waals surface area contributed by atoms with Crippen LogP contribution >= 0.6 is 0 Å². The molecule has 1 unspecified atom stereocenters. The minimum atomic E-state index is -0.0572. The third kappa shape index (κ3) is 4.58. The van der Waals surface area contributed by atoms with Crippen molar-refractivity contribution in [3.8, 4) is 0 Å². The lowest BCUT2D eigenvalue weighted by Crippen LogP contribution is -2.36. The van der Waals surface area contributed by atoms with E-state index < -0.39 is 0 Å². The number of nitrogens with zero attached hydrogens (tertiary/aromatic N) is 2. The Labute approximate surface area is 166 Å². The van der Waals surface area contributed by atoms with E-state index in [4.69, 9.17) is 9.15 Å². The van der Waals surface area contributed by atoms with Crippen LogP contribution in [0.3, 0.4) is 0 Å². The van der Waals surface area contributed by atoms with Gasteiger partial charge in [0.1, 0.15) is 0 Å². The molecular formula is C23H32N2O3. The van der Waals surface area contributed by atoms with Crippen molar-refractivity contribution in [2.24, 2.45) is 5.92 Å². The van der Waals surface area contributed by atoms with Crippen LogP contribution in [0, 0.1) is 5.92 Å². The number of morpholine rings is 1. The predicted molar refractivity (Wildman–Crippen MR) is 114 cm³/mol. The predicted octanol–water partition coefficient (Wildman–Crippen LogP) is 2.73. The molecule has 1 saturated heterocycles. The number of rotatable bonds is 6. The lowest BCUT2D eigenvalue weighted by atomic mass is 10.0. The summed E-state index contributed by atoms with van der Waals surface area (Å²) in [7, 11) is 0. The van der Waals surface area contributed by atoms with Crippen LogP contribution in [-0.4, -0.2) is 30.9 Å². The molecule has 0 amide bonds. The molecular weight excluding hydrogens is 352 g/mol. The summed E-state index contributed by atoms with van der Waals surface area (Å²) in [5.41, 5.74) is 4.35. The zero-order valence-corrected chi connectivity index (χ0v) is 17.5. The second-order valence-corrected chi connectivity index (χ2v) is 7.65. The van der Waals surface area contributed by atoms with Crippen LogP contribution in [0.2, 0.25) is 0 Å². The van der Waals surface area contributed by atoms with Crippen molar-refractivity contribution in [1.82, 2.24) is 4.57 Å².